The van der Waals surface area contributed by atoms with E-state index in [1.54, 1.807) is 0 Å². The summed E-state index contributed by atoms with van der Waals surface area (Å²) in [5.74, 6) is -0.343. The van der Waals surface area contributed by atoms with Gasteiger partial charge in [-0.1, -0.05) is 29.8 Å². The number of rotatable bonds is 5. The number of aromatic carboxylic acids is 1. The molecule has 0 amide bonds. The molecule has 0 fully saturated rings. The van der Waals surface area contributed by atoms with Crippen molar-refractivity contribution in [1.82, 2.24) is 0 Å². The molecule has 0 atom stereocenters. The van der Waals surface area contributed by atoms with Gasteiger partial charge < -0.3 is 20.3 Å². The van der Waals surface area contributed by atoms with Crippen LogP contribution in [0, 0.1) is 6.92 Å². The van der Waals surface area contributed by atoms with Crippen molar-refractivity contribution in [3.63, 3.8) is 0 Å². The van der Waals surface area contributed by atoms with Gasteiger partial charge in [0.15, 0.2) is 11.5 Å². The molecule has 0 unspecified atom stereocenters. The quantitative estimate of drug-likeness (QED) is 0.826. The normalized spacial score (nSPS) is 10.2. The molecule has 21 heavy (non-hydrogen) atoms. The van der Waals surface area contributed by atoms with Crippen molar-refractivity contribution in [3.05, 3.63) is 53.1 Å². The van der Waals surface area contributed by atoms with Gasteiger partial charge in [-0.05, 0) is 12.5 Å². The second-order valence-electron chi connectivity index (χ2n) is 4.67. The highest BCUT2D eigenvalue weighted by Crippen LogP contribution is 2.32. The number of anilines is 1. The molecule has 0 aliphatic rings. The van der Waals surface area contributed by atoms with Crippen LogP contribution < -0.4 is 15.2 Å². The Balaban J connectivity index is 2.23. The fourth-order valence-corrected chi connectivity index (χ4v) is 1.88. The third kappa shape index (κ3) is 3.45. The highest BCUT2D eigenvalue weighted by Gasteiger charge is 2.14. The summed E-state index contributed by atoms with van der Waals surface area (Å²) >= 11 is 0. The standard InChI is InChI=1S/C16H17NO4/c1-10-3-5-11(6-4-10)9-21-15-7-12(16(18)19)13(17)8-14(15)20-2/h3-8H,9,17H2,1-2H3,(H,18,19). The molecule has 0 aromatic heterocycles. The predicted molar refractivity (Wildman–Crippen MR) is 79.9 cm³/mol. The number of carboxylic acids is 1. The van der Waals surface area contributed by atoms with Gasteiger partial charge in [-0.2, -0.15) is 0 Å². The van der Waals surface area contributed by atoms with Crippen molar-refractivity contribution in [1.29, 1.82) is 0 Å². The molecule has 2 aromatic carbocycles. The number of nitrogen functional groups attached to an aromatic ring is 1. The molecule has 0 radical (unpaired) electrons. The molecule has 0 bridgehead atoms. The molecule has 3 N–H and O–H groups in total. The van der Waals surface area contributed by atoms with E-state index in [9.17, 15) is 4.79 Å². The molecule has 5 heteroatoms. The van der Waals surface area contributed by atoms with Crippen LogP contribution in [0.4, 0.5) is 5.69 Å². The number of carbonyl (C=O) groups is 1. The highest BCUT2D eigenvalue weighted by molar-refractivity contribution is 5.94. The summed E-state index contributed by atoms with van der Waals surface area (Å²) < 4.78 is 10.8. The van der Waals surface area contributed by atoms with Crippen LogP contribution in [0.1, 0.15) is 21.5 Å². The van der Waals surface area contributed by atoms with E-state index < -0.39 is 5.97 Å². The van der Waals surface area contributed by atoms with Gasteiger partial charge in [-0.25, -0.2) is 4.79 Å². The summed E-state index contributed by atoms with van der Waals surface area (Å²) in [4.78, 5) is 11.1. The van der Waals surface area contributed by atoms with Gasteiger partial charge in [-0.15, -0.1) is 0 Å². The van der Waals surface area contributed by atoms with E-state index in [1.165, 1.54) is 19.2 Å². The van der Waals surface area contributed by atoms with Crippen molar-refractivity contribution in [3.8, 4) is 11.5 Å². The van der Waals surface area contributed by atoms with Gasteiger partial charge in [0, 0.05) is 12.1 Å². The third-order valence-electron chi connectivity index (χ3n) is 3.08. The number of benzene rings is 2. The van der Waals surface area contributed by atoms with Crippen LogP contribution in [-0.4, -0.2) is 18.2 Å². The smallest absolute Gasteiger partial charge is 0.337 e. The van der Waals surface area contributed by atoms with E-state index in [-0.39, 0.29) is 11.3 Å². The Morgan fingerprint density at radius 2 is 1.86 bits per heavy atom. The Bertz CT molecular complexity index is 650. The van der Waals surface area contributed by atoms with E-state index in [0.29, 0.717) is 18.1 Å². The van der Waals surface area contributed by atoms with E-state index in [4.69, 9.17) is 20.3 Å². The number of carboxylic acid groups (broad SMARTS) is 1. The summed E-state index contributed by atoms with van der Waals surface area (Å²) in [5.41, 5.74) is 7.96. The second kappa shape index (κ2) is 6.17. The van der Waals surface area contributed by atoms with Gasteiger partial charge in [-0.3, -0.25) is 0 Å². The van der Waals surface area contributed by atoms with Crippen molar-refractivity contribution in [2.45, 2.75) is 13.5 Å². The molecule has 5 nitrogen and oxygen atoms in total. The maximum atomic E-state index is 11.1. The molecule has 0 saturated heterocycles. The summed E-state index contributed by atoms with van der Waals surface area (Å²) in [6.07, 6.45) is 0. The Morgan fingerprint density at radius 1 is 1.19 bits per heavy atom. The average Bonchev–Trinajstić information content (AvgIpc) is 2.46. The summed E-state index contributed by atoms with van der Waals surface area (Å²) in [6.45, 7) is 2.33. The Kier molecular flexibility index (Phi) is 4.33. The van der Waals surface area contributed by atoms with E-state index in [2.05, 4.69) is 0 Å². The molecule has 0 aliphatic carbocycles. The van der Waals surface area contributed by atoms with Gasteiger partial charge in [0.25, 0.3) is 0 Å². The maximum absolute atomic E-state index is 11.1. The van der Waals surface area contributed by atoms with Crippen molar-refractivity contribution >= 4 is 11.7 Å². The van der Waals surface area contributed by atoms with Crippen molar-refractivity contribution in [2.24, 2.45) is 0 Å². The fourth-order valence-electron chi connectivity index (χ4n) is 1.88. The topological polar surface area (TPSA) is 81.8 Å². The first kappa shape index (κ1) is 14.7. The molecule has 0 aliphatic heterocycles. The van der Waals surface area contributed by atoms with Gasteiger partial charge >= 0.3 is 5.97 Å². The largest absolute Gasteiger partial charge is 0.493 e. The number of ether oxygens (including phenoxy) is 2. The number of hydrogen-bond acceptors (Lipinski definition) is 4. The first-order chi connectivity index (χ1) is 10.0. The average molecular weight is 287 g/mol. The minimum absolute atomic E-state index is 0.00490. The molecule has 2 aromatic rings. The minimum atomic E-state index is -1.10. The number of methoxy groups -OCH3 is 1. The van der Waals surface area contributed by atoms with E-state index in [0.717, 1.165) is 11.1 Å². The van der Waals surface area contributed by atoms with E-state index >= 15 is 0 Å². The van der Waals surface area contributed by atoms with Crippen molar-refractivity contribution in [2.75, 3.05) is 12.8 Å². The van der Waals surface area contributed by atoms with Crippen LogP contribution in [-0.2, 0) is 6.61 Å². The molecule has 0 spiro atoms. The van der Waals surface area contributed by atoms with Crippen LogP contribution in [0.2, 0.25) is 0 Å². The SMILES string of the molecule is COc1cc(N)c(C(=O)O)cc1OCc1ccc(C)cc1. The molecule has 0 saturated carbocycles. The Hall–Kier alpha value is -2.69. The monoisotopic (exact) mass is 287 g/mol. The molecule has 2 rings (SSSR count). The summed E-state index contributed by atoms with van der Waals surface area (Å²) in [7, 11) is 1.48. The van der Waals surface area contributed by atoms with Crippen molar-refractivity contribution < 1.29 is 19.4 Å². The van der Waals surface area contributed by atoms with Crippen LogP contribution in [0.5, 0.6) is 11.5 Å². The lowest BCUT2D eigenvalue weighted by Crippen LogP contribution is -2.05. The fraction of sp³-hybridized carbons (Fsp3) is 0.188. The first-order valence-corrected chi connectivity index (χ1v) is 6.40. The lowest BCUT2D eigenvalue weighted by Gasteiger charge is -2.13. The zero-order valence-corrected chi connectivity index (χ0v) is 11.9. The second-order valence-corrected chi connectivity index (χ2v) is 4.67. The van der Waals surface area contributed by atoms with Gasteiger partial charge in [0.2, 0.25) is 0 Å². The van der Waals surface area contributed by atoms with E-state index in [1.807, 2.05) is 31.2 Å². The highest BCUT2D eigenvalue weighted by atomic mass is 16.5. The maximum Gasteiger partial charge on any atom is 0.337 e. The van der Waals surface area contributed by atoms with Gasteiger partial charge in [0.1, 0.15) is 6.61 Å². The predicted octanol–water partition coefficient (Wildman–Crippen LogP) is 2.86. The van der Waals surface area contributed by atoms with Crippen LogP contribution in [0.15, 0.2) is 36.4 Å². The number of hydrogen-bond donors (Lipinski definition) is 2. The van der Waals surface area contributed by atoms with Crippen LogP contribution >= 0.6 is 0 Å². The Morgan fingerprint density at radius 3 is 2.43 bits per heavy atom. The molecular weight excluding hydrogens is 270 g/mol. The molecule has 0 heterocycles. The third-order valence-corrected chi connectivity index (χ3v) is 3.08. The van der Waals surface area contributed by atoms with Gasteiger partial charge in [0.05, 0.1) is 18.4 Å². The lowest BCUT2D eigenvalue weighted by atomic mass is 10.1. The first-order valence-electron chi connectivity index (χ1n) is 6.40. The molecule has 110 valence electrons. The lowest BCUT2D eigenvalue weighted by molar-refractivity contribution is 0.0697. The Labute approximate surface area is 122 Å². The summed E-state index contributed by atoms with van der Waals surface area (Å²) in [5, 5.41) is 9.09. The number of nitrogens with two attached hydrogens (primary N) is 1. The summed E-state index contributed by atoms with van der Waals surface area (Å²) in [6, 6.07) is 10.7. The minimum Gasteiger partial charge on any atom is -0.493 e. The number of aryl methyl sites for hydroxylation is 1. The molecular formula is C16H17NO4. The van der Waals surface area contributed by atoms with Crippen LogP contribution in [0.3, 0.4) is 0 Å². The zero-order chi connectivity index (χ0) is 15.4. The van der Waals surface area contributed by atoms with Crippen LogP contribution in [0.25, 0.3) is 0 Å². The zero-order valence-electron chi connectivity index (χ0n) is 11.9.